The van der Waals surface area contributed by atoms with Gasteiger partial charge in [-0.15, -0.1) is 0 Å². The second kappa shape index (κ2) is 6.26. The van der Waals surface area contributed by atoms with Crippen LogP contribution in [0.25, 0.3) is 0 Å². The van der Waals surface area contributed by atoms with Crippen molar-refractivity contribution in [3.63, 3.8) is 0 Å². The van der Waals surface area contributed by atoms with Crippen molar-refractivity contribution in [3.05, 3.63) is 28.8 Å². The highest BCUT2D eigenvalue weighted by Crippen LogP contribution is 2.35. The van der Waals surface area contributed by atoms with E-state index in [4.69, 9.17) is 27.8 Å². The van der Waals surface area contributed by atoms with Gasteiger partial charge >= 0.3 is 0 Å². The molecule has 1 aromatic rings. The van der Waals surface area contributed by atoms with Crippen LogP contribution in [0.1, 0.15) is 38.3 Å². The van der Waals surface area contributed by atoms with Crippen LogP contribution in [-0.4, -0.2) is 13.0 Å². The summed E-state index contributed by atoms with van der Waals surface area (Å²) < 4.78 is 5.29. The van der Waals surface area contributed by atoms with E-state index < -0.39 is 0 Å². The highest BCUT2D eigenvalue weighted by atomic mass is 35.5. The number of halogens is 1. The number of benzene rings is 1. The van der Waals surface area contributed by atoms with Crippen molar-refractivity contribution < 1.29 is 9.53 Å². The Hall–Kier alpha value is -1.26. The molecule has 0 spiro atoms. The lowest BCUT2D eigenvalue weighted by molar-refractivity contribution is -0.120. The average Bonchev–Trinajstić information content (AvgIpc) is 2.26. The van der Waals surface area contributed by atoms with Gasteiger partial charge in [-0.3, -0.25) is 4.79 Å². The monoisotopic (exact) mass is 284 g/mol. The first-order valence-electron chi connectivity index (χ1n) is 6.12. The number of carbonyl (C=O) groups excluding carboxylic acids is 1. The fraction of sp³-hybridized carbons (Fsp3) is 0.500. The first-order chi connectivity index (χ1) is 8.75. The van der Waals surface area contributed by atoms with Gasteiger partial charge in [0.25, 0.3) is 0 Å². The van der Waals surface area contributed by atoms with E-state index in [1.54, 1.807) is 25.3 Å². The van der Waals surface area contributed by atoms with Gasteiger partial charge in [-0.25, -0.2) is 0 Å². The van der Waals surface area contributed by atoms with Gasteiger partial charge < -0.3 is 16.2 Å². The fourth-order valence-corrected chi connectivity index (χ4v) is 2.42. The van der Waals surface area contributed by atoms with E-state index in [0.717, 1.165) is 5.56 Å². The van der Waals surface area contributed by atoms with E-state index in [0.29, 0.717) is 23.6 Å². The number of nitrogens with two attached hydrogens (primary N) is 2. The summed E-state index contributed by atoms with van der Waals surface area (Å²) in [6, 6.07) is 5.08. The van der Waals surface area contributed by atoms with E-state index >= 15 is 0 Å². The summed E-state index contributed by atoms with van der Waals surface area (Å²) in [5.74, 6) is 0.377. The third-order valence-corrected chi connectivity index (χ3v) is 3.25. The normalized spacial score (nSPS) is 13.1. The van der Waals surface area contributed by atoms with Crippen LogP contribution in [0.3, 0.4) is 0 Å². The summed E-state index contributed by atoms with van der Waals surface area (Å²) in [6.45, 7) is 3.93. The van der Waals surface area contributed by atoms with Crippen LogP contribution in [-0.2, 0) is 4.79 Å². The Morgan fingerprint density at radius 1 is 1.47 bits per heavy atom. The number of hydrogen-bond acceptors (Lipinski definition) is 3. The molecule has 106 valence electrons. The SMILES string of the molecule is COc1ccc(Cl)cc1C(N)CC(C)(C)CC(N)=O. The molecule has 1 rings (SSSR count). The van der Waals surface area contributed by atoms with Gasteiger partial charge in [0.05, 0.1) is 7.11 Å². The molecule has 0 aromatic heterocycles. The van der Waals surface area contributed by atoms with Crippen molar-refractivity contribution in [2.75, 3.05) is 7.11 Å². The molecule has 5 heteroatoms. The molecule has 19 heavy (non-hydrogen) atoms. The Morgan fingerprint density at radius 2 is 2.11 bits per heavy atom. The van der Waals surface area contributed by atoms with E-state index in [-0.39, 0.29) is 17.4 Å². The second-order valence-electron chi connectivity index (χ2n) is 5.50. The van der Waals surface area contributed by atoms with Crippen molar-refractivity contribution in [2.45, 2.75) is 32.7 Å². The highest BCUT2D eigenvalue weighted by molar-refractivity contribution is 6.30. The number of methoxy groups -OCH3 is 1. The van der Waals surface area contributed by atoms with E-state index in [1.165, 1.54) is 0 Å². The summed E-state index contributed by atoms with van der Waals surface area (Å²) in [7, 11) is 1.59. The predicted molar refractivity (Wildman–Crippen MR) is 77.1 cm³/mol. The van der Waals surface area contributed by atoms with Crippen molar-refractivity contribution in [2.24, 2.45) is 16.9 Å². The molecule has 0 aliphatic carbocycles. The zero-order chi connectivity index (χ0) is 14.6. The number of amides is 1. The Balaban J connectivity index is 2.91. The Morgan fingerprint density at radius 3 is 2.63 bits per heavy atom. The molecule has 0 heterocycles. The van der Waals surface area contributed by atoms with Crippen molar-refractivity contribution in [1.29, 1.82) is 0 Å². The largest absolute Gasteiger partial charge is 0.496 e. The highest BCUT2D eigenvalue weighted by Gasteiger charge is 2.26. The van der Waals surface area contributed by atoms with Crippen molar-refractivity contribution in [1.82, 2.24) is 0 Å². The third kappa shape index (κ3) is 4.73. The van der Waals surface area contributed by atoms with Gasteiger partial charge in [-0.1, -0.05) is 25.4 Å². The second-order valence-corrected chi connectivity index (χ2v) is 5.94. The minimum absolute atomic E-state index is 0.261. The Labute approximate surface area is 119 Å². The molecule has 0 bridgehead atoms. The quantitative estimate of drug-likeness (QED) is 0.843. The maximum atomic E-state index is 11.0. The third-order valence-electron chi connectivity index (χ3n) is 3.02. The van der Waals surface area contributed by atoms with Crippen molar-refractivity contribution in [3.8, 4) is 5.75 Å². The lowest BCUT2D eigenvalue weighted by Crippen LogP contribution is -2.27. The zero-order valence-corrected chi connectivity index (χ0v) is 12.3. The van der Waals surface area contributed by atoms with Gasteiger partial charge in [0.2, 0.25) is 5.91 Å². The van der Waals surface area contributed by atoms with E-state index in [9.17, 15) is 4.79 Å². The molecular formula is C14H21ClN2O2. The minimum Gasteiger partial charge on any atom is -0.496 e. The van der Waals surface area contributed by atoms with Crippen LogP contribution in [0.2, 0.25) is 5.02 Å². The molecule has 0 saturated carbocycles. The van der Waals surface area contributed by atoms with E-state index in [1.807, 2.05) is 13.8 Å². The van der Waals surface area contributed by atoms with Crippen LogP contribution in [0.4, 0.5) is 0 Å². The summed E-state index contributed by atoms with van der Waals surface area (Å²) in [5.41, 5.74) is 12.0. The molecule has 1 unspecified atom stereocenters. The fourth-order valence-electron chi connectivity index (χ4n) is 2.24. The first kappa shape index (κ1) is 15.8. The van der Waals surface area contributed by atoms with Crippen LogP contribution in [0, 0.1) is 5.41 Å². The lowest BCUT2D eigenvalue weighted by atomic mass is 9.80. The number of hydrogen-bond donors (Lipinski definition) is 2. The van der Waals surface area contributed by atoms with Crippen molar-refractivity contribution >= 4 is 17.5 Å². The van der Waals surface area contributed by atoms with Gasteiger partial charge in [-0.05, 0) is 30.0 Å². The molecule has 1 atom stereocenters. The predicted octanol–water partition coefficient (Wildman–Crippen LogP) is 2.64. The van der Waals surface area contributed by atoms with Gasteiger partial charge in [0.1, 0.15) is 5.75 Å². The molecule has 0 aliphatic rings. The van der Waals surface area contributed by atoms with Crippen LogP contribution >= 0.6 is 11.6 Å². The Kier molecular flexibility index (Phi) is 5.20. The summed E-state index contributed by atoms with van der Waals surface area (Å²) >= 11 is 5.99. The Bertz CT molecular complexity index is 461. The molecule has 0 aliphatic heterocycles. The van der Waals surface area contributed by atoms with E-state index in [2.05, 4.69) is 0 Å². The van der Waals surface area contributed by atoms with Gasteiger partial charge in [0, 0.05) is 23.0 Å². The number of primary amides is 1. The summed E-state index contributed by atoms with van der Waals surface area (Å²) in [4.78, 5) is 11.0. The average molecular weight is 285 g/mol. The zero-order valence-electron chi connectivity index (χ0n) is 11.6. The summed E-state index contributed by atoms with van der Waals surface area (Å²) in [6.07, 6.45) is 0.913. The maximum Gasteiger partial charge on any atom is 0.217 e. The molecule has 0 saturated heterocycles. The molecule has 4 nitrogen and oxygen atoms in total. The molecular weight excluding hydrogens is 264 g/mol. The summed E-state index contributed by atoms with van der Waals surface area (Å²) in [5, 5.41) is 0.610. The van der Waals surface area contributed by atoms with Gasteiger partial charge in [-0.2, -0.15) is 0 Å². The minimum atomic E-state index is -0.324. The topological polar surface area (TPSA) is 78.3 Å². The van der Waals surface area contributed by atoms with Crippen LogP contribution < -0.4 is 16.2 Å². The maximum absolute atomic E-state index is 11.0. The number of carbonyl (C=O) groups is 1. The first-order valence-corrected chi connectivity index (χ1v) is 6.50. The standard InChI is InChI=1S/C14H21ClN2O2/c1-14(2,8-13(17)18)7-11(16)10-6-9(15)4-5-12(10)19-3/h4-6,11H,7-8,16H2,1-3H3,(H2,17,18). The molecule has 4 N–H and O–H groups in total. The lowest BCUT2D eigenvalue weighted by Gasteiger charge is -2.27. The molecule has 0 fully saturated rings. The van der Waals surface area contributed by atoms with Crippen LogP contribution in [0.5, 0.6) is 5.75 Å². The smallest absolute Gasteiger partial charge is 0.217 e. The molecule has 1 aromatic carbocycles. The molecule has 0 radical (unpaired) electrons. The van der Waals surface area contributed by atoms with Gasteiger partial charge in [0.15, 0.2) is 0 Å². The number of rotatable bonds is 6. The molecule has 1 amide bonds. The van der Waals surface area contributed by atoms with Crippen LogP contribution in [0.15, 0.2) is 18.2 Å². The number of ether oxygens (including phenoxy) is 1.